The third kappa shape index (κ3) is 2.05. The number of nitriles is 2. The van der Waals surface area contributed by atoms with Crippen LogP contribution < -0.4 is 0 Å². The summed E-state index contributed by atoms with van der Waals surface area (Å²) in [6.07, 6.45) is 6.21. The van der Waals surface area contributed by atoms with Crippen LogP contribution in [0.4, 0.5) is 0 Å². The molecule has 1 rings (SSSR count). The predicted molar refractivity (Wildman–Crippen MR) is 47.8 cm³/mol. The molecule has 1 heterocycles. The standard InChI is InChI=1S/C9H6N4/c1-2-13-7-9(6-12-13)3-8(4-10)5-11/h2-3,6-7H,1H2. The summed E-state index contributed by atoms with van der Waals surface area (Å²) in [5.41, 5.74) is 0.765. The second-order valence-electron chi connectivity index (χ2n) is 2.22. The van der Waals surface area contributed by atoms with E-state index in [1.807, 2.05) is 0 Å². The summed E-state index contributed by atoms with van der Waals surface area (Å²) in [6, 6.07) is 3.53. The zero-order valence-corrected chi connectivity index (χ0v) is 6.81. The molecule has 4 heteroatoms. The van der Waals surface area contributed by atoms with Gasteiger partial charge in [0.2, 0.25) is 0 Å². The highest BCUT2D eigenvalue weighted by Crippen LogP contribution is 2.04. The zero-order chi connectivity index (χ0) is 9.68. The number of hydrogen-bond acceptors (Lipinski definition) is 3. The van der Waals surface area contributed by atoms with Gasteiger partial charge in [0.25, 0.3) is 0 Å². The van der Waals surface area contributed by atoms with Crippen molar-refractivity contribution < 1.29 is 0 Å². The SMILES string of the molecule is C=Cn1cc(C=C(C#N)C#N)cn1. The van der Waals surface area contributed by atoms with E-state index in [0.717, 1.165) is 0 Å². The van der Waals surface area contributed by atoms with Gasteiger partial charge >= 0.3 is 0 Å². The van der Waals surface area contributed by atoms with Gasteiger partial charge in [-0.1, -0.05) is 6.58 Å². The van der Waals surface area contributed by atoms with E-state index in [-0.39, 0.29) is 5.57 Å². The van der Waals surface area contributed by atoms with Crippen LogP contribution in [0.1, 0.15) is 5.56 Å². The molecule has 0 radical (unpaired) electrons. The normalized spacial score (nSPS) is 8.15. The Labute approximate surface area is 75.6 Å². The van der Waals surface area contributed by atoms with Crippen molar-refractivity contribution in [2.75, 3.05) is 0 Å². The van der Waals surface area contributed by atoms with Crippen molar-refractivity contribution in [2.45, 2.75) is 0 Å². The minimum absolute atomic E-state index is 0.0589. The zero-order valence-electron chi connectivity index (χ0n) is 6.81. The second-order valence-corrected chi connectivity index (χ2v) is 2.22. The molecule has 0 saturated carbocycles. The lowest BCUT2D eigenvalue weighted by molar-refractivity contribution is 0.937. The van der Waals surface area contributed by atoms with Crippen molar-refractivity contribution in [3.05, 3.63) is 30.1 Å². The summed E-state index contributed by atoms with van der Waals surface area (Å²) in [5.74, 6) is 0. The maximum atomic E-state index is 8.46. The molecule has 0 fully saturated rings. The van der Waals surface area contributed by atoms with Crippen LogP contribution in [0.25, 0.3) is 12.3 Å². The molecule has 0 bridgehead atoms. The molecule has 62 valence electrons. The third-order valence-electron chi connectivity index (χ3n) is 1.36. The van der Waals surface area contributed by atoms with E-state index in [9.17, 15) is 0 Å². The molecule has 0 amide bonds. The van der Waals surface area contributed by atoms with Gasteiger partial charge in [0.15, 0.2) is 0 Å². The molecule has 4 nitrogen and oxygen atoms in total. The van der Waals surface area contributed by atoms with Crippen molar-refractivity contribution in [3.63, 3.8) is 0 Å². The van der Waals surface area contributed by atoms with Crippen LogP contribution in [0, 0.1) is 22.7 Å². The van der Waals surface area contributed by atoms with Crippen LogP contribution in [0.2, 0.25) is 0 Å². The Balaban J connectivity index is 2.99. The maximum absolute atomic E-state index is 8.46. The summed E-state index contributed by atoms with van der Waals surface area (Å²) >= 11 is 0. The van der Waals surface area contributed by atoms with E-state index in [1.54, 1.807) is 24.5 Å². The van der Waals surface area contributed by atoms with Crippen molar-refractivity contribution in [1.82, 2.24) is 9.78 Å². The number of hydrogen-bond donors (Lipinski definition) is 0. The molecule has 0 aliphatic rings. The largest absolute Gasteiger partial charge is 0.248 e. The average Bonchev–Trinajstić information content (AvgIpc) is 2.61. The highest BCUT2D eigenvalue weighted by Gasteiger charge is 1.95. The molecule has 0 aromatic carbocycles. The van der Waals surface area contributed by atoms with Gasteiger partial charge in [0, 0.05) is 18.0 Å². The molecular weight excluding hydrogens is 164 g/mol. The van der Waals surface area contributed by atoms with Gasteiger partial charge in [-0.25, -0.2) is 4.68 Å². The van der Waals surface area contributed by atoms with Crippen LogP contribution in [0.15, 0.2) is 24.5 Å². The number of aromatic nitrogens is 2. The molecular formula is C9H6N4. The Morgan fingerprint density at radius 2 is 2.23 bits per heavy atom. The van der Waals surface area contributed by atoms with Crippen LogP contribution in [0.3, 0.4) is 0 Å². The molecule has 13 heavy (non-hydrogen) atoms. The van der Waals surface area contributed by atoms with E-state index < -0.39 is 0 Å². The van der Waals surface area contributed by atoms with Crippen LogP contribution in [0.5, 0.6) is 0 Å². The minimum atomic E-state index is 0.0589. The highest BCUT2D eigenvalue weighted by molar-refractivity contribution is 5.61. The Morgan fingerprint density at radius 3 is 2.69 bits per heavy atom. The first kappa shape index (κ1) is 8.76. The lowest BCUT2D eigenvalue weighted by Crippen LogP contribution is -1.81. The molecule has 0 spiro atoms. The molecule has 0 saturated heterocycles. The lowest BCUT2D eigenvalue weighted by atomic mass is 10.2. The van der Waals surface area contributed by atoms with Crippen molar-refractivity contribution in [1.29, 1.82) is 10.5 Å². The summed E-state index contributed by atoms with van der Waals surface area (Å²) in [6.45, 7) is 3.51. The van der Waals surface area contributed by atoms with E-state index in [0.29, 0.717) is 5.56 Å². The quantitative estimate of drug-likeness (QED) is 0.630. The molecule has 0 aliphatic heterocycles. The smallest absolute Gasteiger partial charge is 0.130 e. The fourth-order valence-electron chi connectivity index (χ4n) is 0.783. The van der Waals surface area contributed by atoms with Gasteiger partial charge in [-0.15, -0.1) is 0 Å². The number of nitrogens with zero attached hydrogens (tertiary/aromatic N) is 4. The first-order valence-corrected chi connectivity index (χ1v) is 3.48. The second kappa shape index (κ2) is 3.89. The molecule has 0 N–H and O–H groups in total. The van der Waals surface area contributed by atoms with Gasteiger partial charge in [-0.05, 0) is 6.08 Å². The molecule has 0 aliphatic carbocycles. The van der Waals surface area contributed by atoms with Gasteiger partial charge in [0.05, 0.1) is 6.20 Å². The van der Waals surface area contributed by atoms with E-state index >= 15 is 0 Å². The monoisotopic (exact) mass is 170 g/mol. The van der Waals surface area contributed by atoms with Crippen LogP contribution in [-0.4, -0.2) is 9.78 Å². The topological polar surface area (TPSA) is 65.4 Å². The fourth-order valence-corrected chi connectivity index (χ4v) is 0.783. The molecule has 1 aromatic heterocycles. The van der Waals surface area contributed by atoms with Crippen molar-refractivity contribution >= 4 is 12.3 Å². The van der Waals surface area contributed by atoms with Gasteiger partial charge < -0.3 is 0 Å². The summed E-state index contributed by atoms with van der Waals surface area (Å²) in [4.78, 5) is 0. The fraction of sp³-hybridized carbons (Fsp3) is 0. The molecule has 0 atom stereocenters. The number of allylic oxidation sites excluding steroid dienone is 1. The lowest BCUT2D eigenvalue weighted by Gasteiger charge is -1.83. The third-order valence-corrected chi connectivity index (χ3v) is 1.36. The van der Waals surface area contributed by atoms with Crippen LogP contribution >= 0.6 is 0 Å². The Morgan fingerprint density at radius 1 is 1.54 bits per heavy atom. The van der Waals surface area contributed by atoms with Crippen molar-refractivity contribution in [3.8, 4) is 12.1 Å². The summed E-state index contributed by atoms with van der Waals surface area (Å²) < 4.78 is 1.50. The number of rotatable bonds is 2. The summed E-state index contributed by atoms with van der Waals surface area (Å²) in [5, 5.41) is 20.8. The minimum Gasteiger partial charge on any atom is -0.248 e. The van der Waals surface area contributed by atoms with E-state index in [4.69, 9.17) is 10.5 Å². The first-order valence-electron chi connectivity index (χ1n) is 3.48. The average molecular weight is 170 g/mol. The Hall–Kier alpha value is -2.33. The highest BCUT2D eigenvalue weighted by atomic mass is 15.2. The first-order chi connectivity index (χ1) is 6.30. The van der Waals surface area contributed by atoms with Gasteiger partial charge in [-0.2, -0.15) is 15.6 Å². The van der Waals surface area contributed by atoms with Crippen LogP contribution in [-0.2, 0) is 0 Å². The molecule has 1 aromatic rings. The van der Waals surface area contributed by atoms with Gasteiger partial charge in [-0.3, -0.25) is 0 Å². The Bertz CT molecular complexity index is 409. The molecule has 0 unspecified atom stereocenters. The predicted octanol–water partition coefficient (Wildman–Crippen LogP) is 1.41. The van der Waals surface area contributed by atoms with Gasteiger partial charge in [0.1, 0.15) is 17.7 Å². The van der Waals surface area contributed by atoms with Crippen molar-refractivity contribution in [2.24, 2.45) is 0 Å². The van der Waals surface area contributed by atoms with E-state index in [1.165, 1.54) is 17.0 Å². The van der Waals surface area contributed by atoms with E-state index in [2.05, 4.69) is 11.7 Å². The summed E-state index contributed by atoms with van der Waals surface area (Å²) in [7, 11) is 0. The Kier molecular flexibility index (Phi) is 2.62. The maximum Gasteiger partial charge on any atom is 0.130 e.